The van der Waals surface area contributed by atoms with Crippen LogP contribution in [0.1, 0.15) is 21.5 Å². The molecule has 1 amide bonds. The third kappa shape index (κ3) is 3.70. The fourth-order valence-corrected chi connectivity index (χ4v) is 2.21. The van der Waals surface area contributed by atoms with Gasteiger partial charge in [-0.3, -0.25) is 30.4 Å². The number of benzene rings is 2. The van der Waals surface area contributed by atoms with Crippen molar-refractivity contribution >= 4 is 28.7 Å². The molecule has 10 nitrogen and oxygen atoms in total. The summed E-state index contributed by atoms with van der Waals surface area (Å²) in [6.45, 7) is 3.76. The zero-order valence-electron chi connectivity index (χ0n) is 13.4. The molecule has 2 aromatic rings. The average molecular weight is 345 g/mol. The molecule has 0 aliphatic rings. The van der Waals surface area contributed by atoms with Crippen molar-refractivity contribution in [1.29, 1.82) is 0 Å². The van der Waals surface area contributed by atoms with E-state index < -0.39 is 27.1 Å². The van der Waals surface area contributed by atoms with Gasteiger partial charge in [0.05, 0.1) is 21.5 Å². The molecule has 0 aliphatic carbocycles. The summed E-state index contributed by atoms with van der Waals surface area (Å²) in [5, 5.41) is 25.1. The molecular weight excluding hydrogens is 330 g/mol. The highest BCUT2D eigenvalue weighted by molar-refractivity contribution is 6.03. The Morgan fingerprint density at radius 3 is 2.24 bits per heavy atom. The van der Waals surface area contributed by atoms with E-state index in [1.165, 1.54) is 0 Å². The fourth-order valence-electron chi connectivity index (χ4n) is 2.21. The van der Waals surface area contributed by atoms with E-state index in [9.17, 15) is 25.0 Å². The zero-order valence-corrected chi connectivity index (χ0v) is 13.4. The molecule has 0 fully saturated rings. The number of nitro benzene ring substituents is 2. The van der Waals surface area contributed by atoms with Crippen LogP contribution >= 0.6 is 0 Å². The van der Waals surface area contributed by atoms with Gasteiger partial charge in [-0.2, -0.15) is 0 Å². The third-order valence-corrected chi connectivity index (χ3v) is 3.66. The number of hydrogen-bond acceptors (Lipinski definition) is 7. The highest BCUT2D eigenvalue weighted by Crippen LogP contribution is 2.35. The predicted molar refractivity (Wildman–Crippen MR) is 90.6 cm³/mol. The van der Waals surface area contributed by atoms with E-state index in [4.69, 9.17) is 5.84 Å². The normalized spacial score (nSPS) is 10.2. The summed E-state index contributed by atoms with van der Waals surface area (Å²) in [6.07, 6.45) is 0. The number of hydrazine groups is 1. The number of non-ortho nitro benzene ring substituents is 1. The average Bonchev–Trinajstić information content (AvgIpc) is 2.57. The summed E-state index contributed by atoms with van der Waals surface area (Å²) in [6, 6.07) is 6.94. The first-order valence-electron chi connectivity index (χ1n) is 7.06. The van der Waals surface area contributed by atoms with Crippen molar-refractivity contribution in [2.24, 2.45) is 5.84 Å². The van der Waals surface area contributed by atoms with Gasteiger partial charge in [0.1, 0.15) is 5.69 Å². The lowest BCUT2D eigenvalue weighted by molar-refractivity contribution is -0.393. The first-order valence-corrected chi connectivity index (χ1v) is 7.06. The molecule has 0 bridgehead atoms. The van der Waals surface area contributed by atoms with Crippen LogP contribution in [0.2, 0.25) is 0 Å². The van der Waals surface area contributed by atoms with E-state index in [-0.39, 0.29) is 11.3 Å². The van der Waals surface area contributed by atoms with Gasteiger partial charge in [0, 0.05) is 11.8 Å². The van der Waals surface area contributed by atoms with Crippen LogP contribution in [0.15, 0.2) is 30.3 Å². The van der Waals surface area contributed by atoms with Crippen LogP contribution in [0.3, 0.4) is 0 Å². The summed E-state index contributed by atoms with van der Waals surface area (Å²) in [4.78, 5) is 32.7. The summed E-state index contributed by atoms with van der Waals surface area (Å²) < 4.78 is 0. The minimum atomic E-state index is -0.891. The van der Waals surface area contributed by atoms with Crippen LogP contribution in [0.25, 0.3) is 0 Å². The number of nitro groups is 2. The van der Waals surface area contributed by atoms with Crippen LogP contribution in [-0.2, 0) is 0 Å². The van der Waals surface area contributed by atoms with Gasteiger partial charge in [-0.25, -0.2) is 5.84 Å². The van der Waals surface area contributed by atoms with E-state index in [2.05, 4.69) is 5.32 Å². The van der Waals surface area contributed by atoms with Crippen molar-refractivity contribution in [1.82, 2.24) is 5.43 Å². The number of nitrogens with one attached hydrogen (secondary N) is 2. The summed E-state index contributed by atoms with van der Waals surface area (Å²) in [5.74, 6) is 4.21. The Kier molecular flexibility index (Phi) is 4.94. The van der Waals surface area contributed by atoms with Crippen molar-refractivity contribution in [3.63, 3.8) is 0 Å². The van der Waals surface area contributed by atoms with Gasteiger partial charge >= 0.3 is 0 Å². The number of aryl methyl sites for hydroxylation is 2. The van der Waals surface area contributed by atoms with E-state index in [0.29, 0.717) is 5.69 Å². The largest absolute Gasteiger partial charge is 0.349 e. The number of nitrogen functional groups attached to an aromatic ring is 1. The summed E-state index contributed by atoms with van der Waals surface area (Å²) in [5.41, 5.74) is 2.60. The molecule has 0 aliphatic heterocycles. The van der Waals surface area contributed by atoms with Crippen molar-refractivity contribution in [2.45, 2.75) is 13.8 Å². The van der Waals surface area contributed by atoms with E-state index >= 15 is 0 Å². The minimum absolute atomic E-state index is 0.179. The number of hydrogen-bond donors (Lipinski definition) is 3. The molecule has 130 valence electrons. The number of carbonyl (C=O) groups excluding carboxylic acids is 1. The maximum atomic E-state index is 12.0. The van der Waals surface area contributed by atoms with Gasteiger partial charge in [0.25, 0.3) is 17.3 Å². The van der Waals surface area contributed by atoms with Crippen LogP contribution in [0, 0.1) is 34.1 Å². The third-order valence-electron chi connectivity index (χ3n) is 3.66. The first-order chi connectivity index (χ1) is 11.7. The number of rotatable bonds is 5. The number of nitrogens with two attached hydrogens (primary N) is 1. The van der Waals surface area contributed by atoms with Gasteiger partial charge in [0.2, 0.25) is 0 Å². The molecule has 0 unspecified atom stereocenters. The summed E-state index contributed by atoms with van der Waals surface area (Å²) in [7, 11) is 0. The Hall–Kier alpha value is -3.53. The van der Waals surface area contributed by atoms with Gasteiger partial charge in [-0.05, 0) is 37.1 Å². The Morgan fingerprint density at radius 1 is 1.04 bits per heavy atom. The topological polar surface area (TPSA) is 153 Å². The molecule has 0 heterocycles. The van der Waals surface area contributed by atoms with Crippen LogP contribution < -0.4 is 16.6 Å². The second-order valence-corrected chi connectivity index (χ2v) is 5.30. The molecule has 2 rings (SSSR count). The number of carbonyl (C=O) groups is 1. The molecule has 10 heteroatoms. The molecule has 0 saturated carbocycles. The molecule has 0 saturated heterocycles. The van der Waals surface area contributed by atoms with Gasteiger partial charge < -0.3 is 5.32 Å². The standard InChI is InChI=1S/C15H15N5O5/c1-8-3-4-10(5-9(8)2)17-14-12(15(21)18-16)6-11(19(22)23)7-13(14)20(24)25/h3-7,17H,16H2,1-2H3,(H,18,21). The smallest absolute Gasteiger partial charge is 0.300 e. The van der Waals surface area contributed by atoms with Gasteiger partial charge in [-0.1, -0.05) is 6.07 Å². The number of nitrogens with zero attached hydrogens (tertiary/aromatic N) is 2. The van der Waals surface area contributed by atoms with Crippen molar-refractivity contribution in [3.05, 3.63) is 67.3 Å². The van der Waals surface area contributed by atoms with E-state index in [1.54, 1.807) is 18.2 Å². The maximum absolute atomic E-state index is 12.0. The van der Waals surface area contributed by atoms with Crippen LogP contribution in [0.4, 0.5) is 22.7 Å². The second kappa shape index (κ2) is 6.93. The van der Waals surface area contributed by atoms with Gasteiger partial charge in [-0.15, -0.1) is 0 Å². The molecule has 25 heavy (non-hydrogen) atoms. The zero-order chi connectivity index (χ0) is 18.7. The van der Waals surface area contributed by atoms with Crippen molar-refractivity contribution in [3.8, 4) is 0 Å². The fraction of sp³-hybridized carbons (Fsp3) is 0.133. The van der Waals surface area contributed by atoms with Crippen LogP contribution in [-0.4, -0.2) is 15.8 Å². The predicted octanol–water partition coefficient (Wildman–Crippen LogP) is 2.47. The molecule has 0 radical (unpaired) electrons. The SMILES string of the molecule is Cc1ccc(Nc2c(C(=O)NN)cc([N+](=O)[O-])cc2[N+](=O)[O-])cc1C. The maximum Gasteiger partial charge on any atom is 0.300 e. The number of amides is 1. The Bertz CT molecular complexity index is 881. The second-order valence-electron chi connectivity index (χ2n) is 5.30. The van der Waals surface area contributed by atoms with Crippen LogP contribution in [0.5, 0.6) is 0 Å². The molecule has 0 aromatic heterocycles. The molecule has 4 N–H and O–H groups in total. The molecular formula is C15H15N5O5. The Morgan fingerprint density at radius 2 is 1.72 bits per heavy atom. The highest BCUT2D eigenvalue weighted by atomic mass is 16.6. The summed E-state index contributed by atoms with van der Waals surface area (Å²) >= 11 is 0. The van der Waals surface area contributed by atoms with Crippen molar-refractivity contribution in [2.75, 3.05) is 5.32 Å². The van der Waals surface area contributed by atoms with E-state index in [1.807, 2.05) is 19.3 Å². The molecule has 2 aromatic carbocycles. The highest BCUT2D eigenvalue weighted by Gasteiger charge is 2.27. The van der Waals surface area contributed by atoms with Gasteiger partial charge in [0.15, 0.2) is 0 Å². The first kappa shape index (κ1) is 17.8. The monoisotopic (exact) mass is 345 g/mol. The lowest BCUT2D eigenvalue weighted by Gasteiger charge is -2.13. The van der Waals surface area contributed by atoms with E-state index in [0.717, 1.165) is 23.3 Å². The minimum Gasteiger partial charge on any atom is -0.349 e. The molecule has 0 atom stereocenters. The quantitative estimate of drug-likeness (QED) is 0.325. The number of anilines is 2. The Balaban J connectivity index is 2.67. The molecule has 0 spiro atoms. The lowest BCUT2D eigenvalue weighted by atomic mass is 10.1. The lowest BCUT2D eigenvalue weighted by Crippen LogP contribution is -2.30. The van der Waals surface area contributed by atoms with Crippen molar-refractivity contribution < 1.29 is 14.6 Å². The Labute approximate surface area is 141 Å².